The highest BCUT2D eigenvalue weighted by Gasteiger charge is 2.71. The number of nitrogens with zero attached hydrogens (tertiary/aromatic N) is 1. The lowest BCUT2D eigenvalue weighted by Crippen LogP contribution is -2.77. The molecular weight excluding hydrogens is 381 g/mol. The van der Waals surface area contributed by atoms with E-state index in [0.717, 1.165) is 30.2 Å². The molecule has 6 heteroatoms. The van der Waals surface area contributed by atoms with Crippen LogP contribution in [0.2, 0.25) is 0 Å². The molecule has 30 heavy (non-hydrogen) atoms. The van der Waals surface area contributed by atoms with Gasteiger partial charge in [0.15, 0.2) is 0 Å². The summed E-state index contributed by atoms with van der Waals surface area (Å²) in [6.45, 7) is 1.93. The van der Waals surface area contributed by atoms with Crippen LogP contribution in [-0.4, -0.2) is 22.3 Å². The smallest absolute Gasteiger partial charge is 0.251 e. The minimum atomic E-state index is -0.333. The van der Waals surface area contributed by atoms with Gasteiger partial charge >= 0.3 is 0 Å². The number of halogens is 1. The first-order valence-electron chi connectivity index (χ1n) is 10.1. The van der Waals surface area contributed by atoms with Gasteiger partial charge in [-0.05, 0) is 67.1 Å². The average Bonchev–Trinajstić information content (AvgIpc) is 2.70. The molecule has 6 rings (SSSR count). The van der Waals surface area contributed by atoms with Crippen LogP contribution in [0.3, 0.4) is 0 Å². The first kappa shape index (κ1) is 18.7. The van der Waals surface area contributed by atoms with Crippen LogP contribution in [0.1, 0.15) is 36.5 Å². The molecule has 1 aromatic heterocycles. The lowest BCUT2D eigenvalue weighted by Gasteiger charge is -2.72. The average molecular weight is 403 g/mol. The molecule has 2 bridgehead atoms. The van der Waals surface area contributed by atoms with Crippen LogP contribution in [0, 0.1) is 17.2 Å². The van der Waals surface area contributed by atoms with Gasteiger partial charge in [-0.2, -0.15) is 0 Å². The van der Waals surface area contributed by atoms with Crippen molar-refractivity contribution >= 4 is 28.4 Å². The zero-order valence-electron chi connectivity index (χ0n) is 16.6. The topological polar surface area (TPSA) is 71.1 Å². The third-order valence-electron chi connectivity index (χ3n) is 6.74. The molecule has 3 fully saturated rings. The van der Waals surface area contributed by atoms with Gasteiger partial charge in [0, 0.05) is 34.3 Å². The molecule has 3 aromatic rings. The Labute approximate surface area is 173 Å². The molecule has 2 amide bonds. The van der Waals surface area contributed by atoms with Crippen molar-refractivity contribution in [2.75, 3.05) is 5.32 Å². The van der Waals surface area contributed by atoms with Crippen molar-refractivity contribution in [3.05, 3.63) is 72.2 Å². The van der Waals surface area contributed by atoms with Crippen LogP contribution in [0.4, 0.5) is 10.1 Å². The highest BCUT2D eigenvalue weighted by molar-refractivity contribution is 5.98. The Kier molecular flexibility index (Phi) is 4.13. The Morgan fingerprint density at radius 2 is 1.80 bits per heavy atom. The lowest BCUT2D eigenvalue weighted by atomic mass is 9.36. The number of rotatable bonds is 5. The standard InChI is InChI=1S/C24H22FN3O2/c1-15(21(29)27-19-8-6-18(25)7-9-19)23-12-24(13-23,14-23)28-22(30)17-5-4-16-3-2-10-26-20(16)11-17/h2-11,15H,12-14H2,1H3,(H,27,29)(H,28,30)/t15-,23?,24?/m1/s1. The number of benzene rings is 2. The van der Waals surface area contributed by atoms with Crippen LogP contribution >= 0.6 is 0 Å². The fourth-order valence-electron chi connectivity index (χ4n) is 5.04. The third-order valence-corrected chi connectivity index (χ3v) is 6.74. The van der Waals surface area contributed by atoms with E-state index in [1.54, 1.807) is 18.3 Å². The maximum absolute atomic E-state index is 13.0. The summed E-state index contributed by atoms with van der Waals surface area (Å²) in [5.41, 5.74) is 1.71. The largest absolute Gasteiger partial charge is 0.347 e. The first-order valence-corrected chi connectivity index (χ1v) is 10.1. The molecule has 0 unspecified atom stereocenters. The van der Waals surface area contributed by atoms with E-state index in [4.69, 9.17) is 0 Å². The maximum atomic E-state index is 13.0. The van der Waals surface area contributed by atoms with Crippen molar-refractivity contribution in [2.24, 2.45) is 11.3 Å². The van der Waals surface area contributed by atoms with Gasteiger partial charge in [-0.3, -0.25) is 14.6 Å². The van der Waals surface area contributed by atoms with Gasteiger partial charge in [-0.15, -0.1) is 0 Å². The van der Waals surface area contributed by atoms with Crippen LogP contribution in [0.15, 0.2) is 60.8 Å². The summed E-state index contributed by atoms with van der Waals surface area (Å²) in [4.78, 5) is 29.7. The van der Waals surface area contributed by atoms with Gasteiger partial charge in [0.05, 0.1) is 5.52 Å². The molecule has 2 N–H and O–H groups in total. The number of nitrogens with one attached hydrogen (secondary N) is 2. The summed E-state index contributed by atoms with van der Waals surface area (Å²) in [6.07, 6.45) is 4.12. The normalized spacial score (nSPS) is 25.0. The minimum absolute atomic E-state index is 0.0671. The quantitative estimate of drug-likeness (QED) is 0.667. The molecule has 1 atom stereocenters. The molecule has 0 spiro atoms. The molecule has 0 radical (unpaired) electrons. The fourth-order valence-corrected chi connectivity index (χ4v) is 5.04. The SMILES string of the molecule is C[C@H](C(=O)Nc1ccc(F)cc1)C12CC(NC(=O)c3ccc4cccnc4c3)(C1)C2. The highest BCUT2D eigenvalue weighted by atomic mass is 19.1. The Morgan fingerprint density at radius 3 is 2.53 bits per heavy atom. The molecule has 5 nitrogen and oxygen atoms in total. The van der Waals surface area contributed by atoms with Crippen molar-refractivity contribution in [1.82, 2.24) is 10.3 Å². The Morgan fingerprint density at radius 1 is 1.07 bits per heavy atom. The molecule has 0 aliphatic heterocycles. The number of carbonyl (C=O) groups is 2. The molecule has 0 saturated heterocycles. The molecular formula is C24H22FN3O2. The third kappa shape index (κ3) is 3.03. The van der Waals surface area contributed by atoms with E-state index in [1.807, 2.05) is 37.3 Å². The molecule has 1 heterocycles. The van der Waals surface area contributed by atoms with E-state index >= 15 is 0 Å². The van der Waals surface area contributed by atoms with E-state index in [1.165, 1.54) is 12.1 Å². The summed E-state index contributed by atoms with van der Waals surface area (Å²) in [5, 5.41) is 7.04. The van der Waals surface area contributed by atoms with Crippen molar-refractivity contribution in [3.63, 3.8) is 0 Å². The number of amides is 2. The predicted molar refractivity (Wildman–Crippen MR) is 112 cm³/mol. The van der Waals surface area contributed by atoms with E-state index in [2.05, 4.69) is 15.6 Å². The Bertz CT molecular complexity index is 1140. The zero-order chi connectivity index (χ0) is 20.9. The second kappa shape index (κ2) is 6.62. The monoisotopic (exact) mass is 403 g/mol. The summed E-state index contributed by atoms with van der Waals surface area (Å²) >= 11 is 0. The number of aromatic nitrogens is 1. The van der Waals surface area contributed by atoms with Gasteiger partial charge in [0.2, 0.25) is 5.91 Å². The number of pyridine rings is 1. The second-order valence-electron chi connectivity index (χ2n) is 8.76. The van der Waals surface area contributed by atoms with E-state index < -0.39 is 0 Å². The van der Waals surface area contributed by atoms with Crippen LogP contribution in [-0.2, 0) is 4.79 Å². The van der Waals surface area contributed by atoms with Crippen LogP contribution in [0.5, 0.6) is 0 Å². The first-order chi connectivity index (χ1) is 14.4. The summed E-state index contributed by atoms with van der Waals surface area (Å²) in [7, 11) is 0. The van der Waals surface area contributed by atoms with Crippen molar-refractivity contribution in [3.8, 4) is 0 Å². The van der Waals surface area contributed by atoms with Gasteiger partial charge in [0.1, 0.15) is 5.82 Å². The number of anilines is 1. The van der Waals surface area contributed by atoms with Gasteiger partial charge in [0.25, 0.3) is 5.91 Å². The minimum Gasteiger partial charge on any atom is -0.347 e. The second-order valence-corrected chi connectivity index (χ2v) is 8.76. The van der Waals surface area contributed by atoms with Gasteiger partial charge in [-0.1, -0.05) is 19.1 Å². The Hall–Kier alpha value is -3.28. The molecule has 3 aliphatic rings. The van der Waals surface area contributed by atoms with Crippen molar-refractivity contribution in [1.29, 1.82) is 0 Å². The summed E-state index contributed by atoms with van der Waals surface area (Å²) in [5.74, 6) is -0.673. The van der Waals surface area contributed by atoms with Crippen LogP contribution < -0.4 is 10.6 Å². The van der Waals surface area contributed by atoms with E-state index in [9.17, 15) is 14.0 Å². The van der Waals surface area contributed by atoms with Gasteiger partial charge in [-0.25, -0.2) is 4.39 Å². The fraction of sp³-hybridized carbons (Fsp3) is 0.292. The van der Waals surface area contributed by atoms with E-state index in [0.29, 0.717) is 11.3 Å². The molecule has 152 valence electrons. The molecule has 3 saturated carbocycles. The van der Waals surface area contributed by atoms with E-state index in [-0.39, 0.29) is 34.5 Å². The molecule has 2 aromatic carbocycles. The summed E-state index contributed by atoms with van der Waals surface area (Å²) in [6, 6.07) is 15.1. The van der Waals surface area contributed by atoms with Crippen molar-refractivity contribution < 1.29 is 14.0 Å². The number of hydrogen-bond acceptors (Lipinski definition) is 3. The predicted octanol–water partition coefficient (Wildman–Crippen LogP) is 4.30. The number of carbonyl (C=O) groups excluding carboxylic acids is 2. The highest BCUT2D eigenvalue weighted by Crippen LogP contribution is 2.70. The molecule has 3 aliphatic carbocycles. The Balaban J connectivity index is 1.20. The van der Waals surface area contributed by atoms with Crippen molar-refractivity contribution in [2.45, 2.75) is 31.7 Å². The number of hydrogen-bond donors (Lipinski definition) is 2. The zero-order valence-corrected chi connectivity index (χ0v) is 16.6. The van der Waals surface area contributed by atoms with Crippen LogP contribution in [0.25, 0.3) is 10.9 Å². The van der Waals surface area contributed by atoms with Gasteiger partial charge < -0.3 is 10.6 Å². The maximum Gasteiger partial charge on any atom is 0.251 e. The number of fused-ring (bicyclic) bond motifs is 1. The summed E-state index contributed by atoms with van der Waals surface area (Å²) < 4.78 is 13.0. The lowest BCUT2D eigenvalue weighted by molar-refractivity contribution is -0.184.